The fourth-order valence-electron chi connectivity index (χ4n) is 3.38. The molecule has 2 N–H and O–H groups in total. The van der Waals surface area contributed by atoms with Gasteiger partial charge in [-0.25, -0.2) is 13.8 Å². The molecule has 11 heteroatoms. The zero-order valence-corrected chi connectivity index (χ0v) is 22.1. The van der Waals surface area contributed by atoms with Crippen LogP contribution < -0.4 is 19.8 Å². The molecule has 0 fully saturated rings. The average Bonchev–Trinajstić information content (AvgIpc) is 2.86. The van der Waals surface area contributed by atoms with Gasteiger partial charge in [-0.3, -0.25) is 13.9 Å². The van der Waals surface area contributed by atoms with E-state index in [4.69, 9.17) is 16.3 Å². The Morgan fingerprint density at radius 1 is 1.00 bits per heavy atom. The first-order valence-corrected chi connectivity index (χ1v) is 13.1. The number of anilines is 2. The van der Waals surface area contributed by atoms with Crippen molar-refractivity contribution in [3.8, 4) is 5.75 Å². The van der Waals surface area contributed by atoms with Crippen molar-refractivity contribution in [2.24, 2.45) is 5.10 Å². The summed E-state index contributed by atoms with van der Waals surface area (Å²) in [6.07, 6.45) is 0. The quantitative estimate of drug-likeness (QED) is 0.290. The Balaban J connectivity index is 1.90. The van der Waals surface area contributed by atoms with Crippen LogP contribution in [0.5, 0.6) is 5.75 Å². The number of carbonyl (C=O) groups excluding carboxylic acids is 2. The van der Waals surface area contributed by atoms with E-state index in [0.29, 0.717) is 34.3 Å². The molecule has 0 radical (unpaired) electrons. The predicted molar refractivity (Wildman–Crippen MR) is 145 cm³/mol. The fraction of sp³-hybridized carbons (Fsp3) is 0.192. The van der Waals surface area contributed by atoms with Gasteiger partial charge >= 0.3 is 0 Å². The van der Waals surface area contributed by atoms with Crippen LogP contribution in [0.15, 0.2) is 82.8 Å². The van der Waals surface area contributed by atoms with Gasteiger partial charge in [-0.2, -0.15) is 5.10 Å². The fourth-order valence-corrected chi connectivity index (χ4v) is 4.93. The third-order valence-electron chi connectivity index (χ3n) is 5.07. The first-order valence-electron chi connectivity index (χ1n) is 11.3. The summed E-state index contributed by atoms with van der Waals surface area (Å²) in [6.45, 7) is 4.61. The lowest BCUT2D eigenvalue weighted by Crippen LogP contribution is -2.40. The second kappa shape index (κ2) is 12.4. The number of carbonyl (C=O) groups is 2. The Bertz CT molecular complexity index is 1410. The first kappa shape index (κ1) is 27.7. The van der Waals surface area contributed by atoms with Crippen LogP contribution in [0.25, 0.3) is 0 Å². The van der Waals surface area contributed by atoms with Crippen molar-refractivity contribution in [2.75, 3.05) is 22.8 Å². The number of sulfonamides is 1. The number of amides is 2. The Kier molecular flexibility index (Phi) is 9.26. The number of halogens is 1. The van der Waals surface area contributed by atoms with Crippen LogP contribution in [0.2, 0.25) is 5.02 Å². The molecule has 3 aromatic rings. The Morgan fingerprint density at radius 2 is 1.70 bits per heavy atom. The van der Waals surface area contributed by atoms with Gasteiger partial charge in [-0.1, -0.05) is 35.9 Å². The van der Waals surface area contributed by atoms with E-state index in [1.165, 1.54) is 31.2 Å². The molecule has 37 heavy (non-hydrogen) atoms. The lowest BCUT2D eigenvalue weighted by molar-refractivity contribution is -0.119. The number of ether oxygens (including phenoxy) is 1. The molecule has 3 rings (SSSR count). The van der Waals surface area contributed by atoms with Crippen molar-refractivity contribution in [2.45, 2.75) is 25.7 Å². The summed E-state index contributed by atoms with van der Waals surface area (Å²) in [6, 6.07) is 19.2. The van der Waals surface area contributed by atoms with Crippen LogP contribution in [0.3, 0.4) is 0 Å². The first-order chi connectivity index (χ1) is 17.6. The van der Waals surface area contributed by atoms with Gasteiger partial charge in [-0.05, 0) is 67.9 Å². The minimum atomic E-state index is -4.17. The summed E-state index contributed by atoms with van der Waals surface area (Å²) in [7, 11) is -4.17. The number of hydrogen-bond donors (Lipinski definition) is 2. The summed E-state index contributed by atoms with van der Waals surface area (Å²) in [4.78, 5) is 24.2. The molecule has 0 unspecified atom stereocenters. The molecule has 0 heterocycles. The Hall–Kier alpha value is -3.89. The second-order valence-electron chi connectivity index (χ2n) is 7.86. The van der Waals surface area contributed by atoms with Gasteiger partial charge in [0.1, 0.15) is 12.3 Å². The number of para-hydroxylation sites is 2. The van der Waals surface area contributed by atoms with Crippen LogP contribution in [-0.2, 0) is 19.6 Å². The summed E-state index contributed by atoms with van der Waals surface area (Å²) < 4.78 is 33.8. The van der Waals surface area contributed by atoms with Gasteiger partial charge < -0.3 is 10.1 Å². The SMILES string of the molecule is CCOc1ccccc1N(CC(=O)N/N=C(/C)c1cccc(NC(C)=O)c1)S(=O)(=O)c1ccc(Cl)cc1. The summed E-state index contributed by atoms with van der Waals surface area (Å²) >= 11 is 5.94. The average molecular weight is 543 g/mol. The van der Waals surface area contributed by atoms with E-state index in [0.717, 1.165) is 4.31 Å². The van der Waals surface area contributed by atoms with Gasteiger partial charge in [-0.15, -0.1) is 0 Å². The van der Waals surface area contributed by atoms with Gasteiger partial charge in [0, 0.05) is 17.6 Å². The molecule has 9 nitrogen and oxygen atoms in total. The van der Waals surface area contributed by atoms with E-state index in [1.807, 2.05) is 0 Å². The van der Waals surface area contributed by atoms with Crippen LogP contribution >= 0.6 is 11.6 Å². The van der Waals surface area contributed by atoms with Gasteiger partial charge in [0.15, 0.2) is 0 Å². The van der Waals surface area contributed by atoms with E-state index < -0.39 is 22.5 Å². The zero-order chi connectivity index (χ0) is 27.0. The third-order valence-corrected chi connectivity index (χ3v) is 7.10. The smallest absolute Gasteiger partial charge is 0.264 e. The highest BCUT2D eigenvalue weighted by molar-refractivity contribution is 7.92. The normalized spacial score (nSPS) is 11.5. The molecular weight excluding hydrogens is 516 g/mol. The molecule has 0 aromatic heterocycles. The van der Waals surface area contributed by atoms with Crippen molar-refractivity contribution in [3.05, 3.63) is 83.4 Å². The summed E-state index contributed by atoms with van der Waals surface area (Å²) in [5, 5.41) is 7.19. The number of hydrazone groups is 1. The maximum absolute atomic E-state index is 13.6. The van der Waals surface area contributed by atoms with Gasteiger partial charge in [0.05, 0.1) is 22.9 Å². The molecule has 0 bridgehead atoms. The van der Waals surface area contributed by atoms with E-state index in [9.17, 15) is 18.0 Å². The maximum Gasteiger partial charge on any atom is 0.264 e. The second-order valence-corrected chi connectivity index (χ2v) is 10.2. The largest absolute Gasteiger partial charge is 0.492 e. The van der Waals surface area contributed by atoms with Crippen molar-refractivity contribution in [1.29, 1.82) is 0 Å². The molecule has 0 saturated heterocycles. The molecule has 3 aromatic carbocycles. The topological polar surface area (TPSA) is 117 Å². The Labute approximate surface area is 221 Å². The predicted octanol–water partition coefficient (Wildman–Crippen LogP) is 4.43. The molecule has 0 saturated carbocycles. The lowest BCUT2D eigenvalue weighted by Gasteiger charge is -2.25. The molecule has 2 amide bonds. The molecule has 0 atom stereocenters. The minimum Gasteiger partial charge on any atom is -0.492 e. The number of rotatable bonds is 10. The molecule has 194 valence electrons. The summed E-state index contributed by atoms with van der Waals surface area (Å²) in [5.74, 6) is -0.569. The monoisotopic (exact) mass is 542 g/mol. The third kappa shape index (κ3) is 7.31. The number of nitrogens with zero attached hydrogens (tertiary/aromatic N) is 2. The Morgan fingerprint density at radius 3 is 2.38 bits per heavy atom. The number of benzene rings is 3. The van der Waals surface area contributed by atoms with Crippen molar-refractivity contribution < 1.29 is 22.7 Å². The van der Waals surface area contributed by atoms with Gasteiger partial charge in [0.2, 0.25) is 5.91 Å². The van der Waals surface area contributed by atoms with Crippen molar-refractivity contribution in [1.82, 2.24) is 5.43 Å². The highest BCUT2D eigenvalue weighted by Gasteiger charge is 2.29. The zero-order valence-electron chi connectivity index (χ0n) is 20.6. The van der Waals surface area contributed by atoms with Gasteiger partial charge in [0.25, 0.3) is 15.9 Å². The highest BCUT2D eigenvalue weighted by Crippen LogP contribution is 2.32. The van der Waals surface area contributed by atoms with E-state index in [-0.39, 0.29) is 16.5 Å². The molecule has 0 spiro atoms. The maximum atomic E-state index is 13.6. The standard InChI is InChI=1S/C26H27ClN4O5S/c1-4-36-25-11-6-5-10-24(25)31(37(34,35)23-14-12-21(27)13-15-23)17-26(33)30-29-18(2)20-8-7-9-22(16-20)28-19(3)32/h5-16H,4,17H2,1-3H3,(H,28,32)(H,30,33)/b29-18-. The summed E-state index contributed by atoms with van der Waals surface area (Å²) in [5.41, 5.74) is 4.33. The van der Waals surface area contributed by atoms with E-state index in [2.05, 4.69) is 15.8 Å². The highest BCUT2D eigenvalue weighted by atomic mass is 35.5. The molecule has 0 aliphatic carbocycles. The minimum absolute atomic E-state index is 0.0366. The number of nitrogens with one attached hydrogen (secondary N) is 2. The van der Waals surface area contributed by atoms with E-state index >= 15 is 0 Å². The van der Waals surface area contributed by atoms with Crippen LogP contribution in [0, 0.1) is 0 Å². The van der Waals surface area contributed by atoms with Crippen LogP contribution in [0.4, 0.5) is 11.4 Å². The van der Waals surface area contributed by atoms with Crippen LogP contribution in [-0.4, -0.2) is 39.1 Å². The molecular formula is C26H27ClN4O5S. The van der Waals surface area contributed by atoms with Crippen molar-refractivity contribution >= 4 is 50.5 Å². The van der Waals surface area contributed by atoms with E-state index in [1.54, 1.807) is 62.4 Å². The molecule has 0 aliphatic heterocycles. The molecule has 0 aliphatic rings. The van der Waals surface area contributed by atoms with Crippen LogP contribution in [0.1, 0.15) is 26.3 Å². The number of hydrogen-bond acceptors (Lipinski definition) is 6. The lowest BCUT2D eigenvalue weighted by atomic mass is 10.1. The van der Waals surface area contributed by atoms with Crippen molar-refractivity contribution in [3.63, 3.8) is 0 Å².